The molecule has 0 aromatic heterocycles. The minimum atomic E-state index is -0.727. The lowest BCUT2D eigenvalue weighted by Crippen LogP contribution is -2.41. The van der Waals surface area contributed by atoms with Gasteiger partial charge in [0.25, 0.3) is 17.5 Å². The van der Waals surface area contributed by atoms with Crippen molar-refractivity contribution in [2.45, 2.75) is 6.92 Å². The van der Waals surface area contributed by atoms with Crippen molar-refractivity contribution in [1.82, 2.24) is 10.9 Å². The molecule has 7 nitrogen and oxygen atoms in total. The molecule has 2 aromatic rings. The number of nitrogens with one attached hydrogen (secondary N) is 2. The van der Waals surface area contributed by atoms with Gasteiger partial charge in [0.15, 0.2) is 0 Å². The molecule has 0 spiro atoms. The van der Waals surface area contributed by atoms with Gasteiger partial charge in [-0.25, -0.2) is 4.39 Å². The average Bonchev–Trinajstić information content (AvgIpc) is 2.54. The fraction of sp³-hybridized carbons (Fsp3) is 0.0667. The Balaban J connectivity index is 2.03. The summed E-state index contributed by atoms with van der Waals surface area (Å²) < 4.78 is 13.4. The molecule has 8 heteroatoms. The van der Waals surface area contributed by atoms with E-state index in [-0.39, 0.29) is 16.8 Å². The largest absolute Gasteiger partial charge is 0.270 e. The van der Waals surface area contributed by atoms with Crippen molar-refractivity contribution >= 4 is 17.5 Å². The molecule has 0 aliphatic rings. The van der Waals surface area contributed by atoms with Crippen molar-refractivity contribution in [3.63, 3.8) is 0 Å². The molecule has 0 unspecified atom stereocenters. The van der Waals surface area contributed by atoms with Gasteiger partial charge in [-0.15, -0.1) is 0 Å². The molecule has 0 atom stereocenters. The first-order valence-electron chi connectivity index (χ1n) is 6.50. The van der Waals surface area contributed by atoms with E-state index in [4.69, 9.17) is 0 Å². The molecule has 0 fully saturated rings. The number of nitro groups is 1. The first-order valence-corrected chi connectivity index (χ1v) is 6.50. The Kier molecular flexibility index (Phi) is 4.65. The van der Waals surface area contributed by atoms with Crippen molar-refractivity contribution < 1.29 is 18.9 Å². The fourth-order valence-electron chi connectivity index (χ4n) is 1.75. The second kappa shape index (κ2) is 6.65. The zero-order valence-electron chi connectivity index (χ0n) is 12.0. The quantitative estimate of drug-likeness (QED) is 0.668. The van der Waals surface area contributed by atoms with Crippen molar-refractivity contribution in [2.24, 2.45) is 0 Å². The molecule has 2 amide bonds. The number of non-ortho nitro benzene ring substituents is 1. The Hall–Kier alpha value is -3.29. The van der Waals surface area contributed by atoms with Crippen LogP contribution < -0.4 is 10.9 Å². The SMILES string of the molecule is Cc1ccc(C(=O)NNC(=O)c2cccc([N+](=O)[O-])c2)cc1F. The number of aryl methyl sites for hydroxylation is 1. The van der Waals surface area contributed by atoms with Crippen LogP contribution in [0.2, 0.25) is 0 Å². The number of benzene rings is 2. The van der Waals surface area contributed by atoms with Gasteiger partial charge in [0.05, 0.1) is 4.92 Å². The highest BCUT2D eigenvalue weighted by Crippen LogP contribution is 2.13. The smallest absolute Gasteiger partial charge is 0.267 e. The maximum absolute atomic E-state index is 13.4. The maximum atomic E-state index is 13.4. The summed E-state index contributed by atoms with van der Waals surface area (Å²) in [7, 11) is 0. The summed E-state index contributed by atoms with van der Waals surface area (Å²) in [6.07, 6.45) is 0. The van der Waals surface area contributed by atoms with Gasteiger partial charge in [-0.2, -0.15) is 0 Å². The molecule has 2 N–H and O–H groups in total. The molecule has 0 aliphatic carbocycles. The third kappa shape index (κ3) is 3.88. The maximum Gasteiger partial charge on any atom is 0.270 e. The van der Waals surface area contributed by atoms with E-state index in [1.54, 1.807) is 6.92 Å². The van der Waals surface area contributed by atoms with Crippen molar-refractivity contribution in [3.05, 3.63) is 75.1 Å². The van der Waals surface area contributed by atoms with Gasteiger partial charge in [-0.1, -0.05) is 12.1 Å². The van der Waals surface area contributed by atoms with E-state index in [0.717, 1.165) is 12.1 Å². The number of nitro benzene ring substituents is 1. The van der Waals surface area contributed by atoms with Crippen LogP contribution in [0.15, 0.2) is 42.5 Å². The Morgan fingerprint density at radius 2 is 1.65 bits per heavy atom. The number of halogens is 1. The monoisotopic (exact) mass is 317 g/mol. The second-order valence-corrected chi connectivity index (χ2v) is 4.68. The Bertz CT molecular complexity index is 792. The highest BCUT2D eigenvalue weighted by atomic mass is 19.1. The highest BCUT2D eigenvalue weighted by molar-refractivity contribution is 5.99. The van der Waals surface area contributed by atoms with E-state index < -0.39 is 22.6 Å². The molecule has 0 bridgehead atoms. The van der Waals surface area contributed by atoms with Crippen LogP contribution in [0, 0.1) is 22.9 Å². The highest BCUT2D eigenvalue weighted by Gasteiger charge is 2.13. The number of carbonyl (C=O) groups excluding carboxylic acids is 2. The molecular formula is C15H12FN3O4. The number of hydrogen-bond acceptors (Lipinski definition) is 4. The molecule has 2 rings (SSSR count). The molecule has 2 aromatic carbocycles. The third-order valence-corrected chi connectivity index (χ3v) is 3.04. The second-order valence-electron chi connectivity index (χ2n) is 4.68. The van der Waals surface area contributed by atoms with Gasteiger partial charge in [0.2, 0.25) is 0 Å². The predicted molar refractivity (Wildman–Crippen MR) is 79.2 cm³/mol. The van der Waals surface area contributed by atoms with Crippen molar-refractivity contribution in [1.29, 1.82) is 0 Å². The number of rotatable bonds is 3. The molecular weight excluding hydrogens is 305 g/mol. The predicted octanol–water partition coefficient (Wildman–Crippen LogP) is 2.12. The lowest BCUT2D eigenvalue weighted by Gasteiger charge is -2.08. The molecule has 0 radical (unpaired) electrons. The Labute approximate surface area is 130 Å². The topological polar surface area (TPSA) is 101 Å². The first-order chi connectivity index (χ1) is 10.9. The Morgan fingerprint density at radius 1 is 1.04 bits per heavy atom. The fourth-order valence-corrected chi connectivity index (χ4v) is 1.75. The van der Waals surface area contributed by atoms with Crippen LogP contribution in [0.3, 0.4) is 0 Å². The van der Waals surface area contributed by atoms with Crippen LogP contribution in [0.25, 0.3) is 0 Å². The van der Waals surface area contributed by atoms with Gasteiger partial charge in [0, 0.05) is 23.3 Å². The number of nitrogens with zero attached hydrogens (tertiary/aromatic N) is 1. The van der Waals surface area contributed by atoms with Crippen LogP contribution in [0.1, 0.15) is 26.3 Å². The number of hydrazine groups is 1. The van der Waals surface area contributed by atoms with Gasteiger partial charge >= 0.3 is 0 Å². The minimum absolute atomic E-state index is 0.00888. The van der Waals surface area contributed by atoms with E-state index in [1.807, 2.05) is 0 Å². The summed E-state index contributed by atoms with van der Waals surface area (Å²) >= 11 is 0. The summed E-state index contributed by atoms with van der Waals surface area (Å²) in [5.41, 5.74) is 4.42. The van der Waals surface area contributed by atoms with Gasteiger partial charge in [-0.05, 0) is 30.7 Å². The van der Waals surface area contributed by atoms with Crippen LogP contribution in [0.5, 0.6) is 0 Å². The van der Waals surface area contributed by atoms with Gasteiger partial charge in [0.1, 0.15) is 5.82 Å². The zero-order valence-corrected chi connectivity index (χ0v) is 12.0. The van der Waals surface area contributed by atoms with Crippen LogP contribution in [0.4, 0.5) is 10.1 Å². The lowest BCUT2D eigenvalue weighted by molar-refractivity contribution is -0.384. The van der Waals surface area contributed by atoms with E-state index in [9.17, 15) is 24.1 Å². The lowest BCUT2D eigenvalue weighted by atomic mass is 10.1. The standard InChI is InChI=1S/C15H12FN3O4/c1-9-5-6-11(8-13(9)16)15(21)18-17-14(20)10-3-2-4-12(7-10)19(22)23/h2-8H,1H3,(H,17,20)(H,18,21). The average molecular weight is 317 g/mol. The van der Waals surface area contributed by atoms with Gasteiger partial charge < -0.3 is 0 Å². The summed E-state index contributed by atoms with van der Waals surface area (Å²) in [4.78, 5) is 33.7. The summed E-state index contributed by atoms with van der Waals surface area (Å²) in [6.45, 7) is 1.56. The van der Waals surface area contributed by atoms with Crippen LogP contribution in [-0.2, 0) is 0 Å². The van der Waals surface area contributed by atoms with Crippen LogP contribution >= 0.6 is 0 Å². The molecule has 0 saturated heterocycles. The first kappa shape index (κ1) is 16.1. The van der Waals surface area contributed by atoms with E-state index in [2.05, 4.69) is 10.9 Å². The summed E-state index contributed by atoms with van der Waals surface area (Å²) in [5, 5.41) is 10.7. The summed E-state index contributed by atoms with van der Waals surface area (Å²) in [5.74, 6) is -1.97. The molecule has 23 heavy (non-hydrogen) atoms. The number of carbonyl (C=O) groups is 2. The number of hydrogen-bond donors (Lipinski definition) is 2. The normalized spacial score (nSPS) is 10.0. The molecule has 118 valence electrons. The van der Waals surface area contributed by atoms with Crippen molar-refractivity contribution in [2.75, 3.05) is 0 Å². The van der Waals surface area contributed by atoms with E-state index in [1.165, 1.54) is 30.3 Å². The number of amides is 2. The molecule has 0 heterocycles. The molecule has 0 saturated carbocycles. The molecule has 0 aliphatic heterocycles. The van der Waals surface area contributed by atoms with Crippen molar-refractivity contribution in [3.8, 4) is 0 Å². The Morgan fingerprint density at radius 3 is 2.22 bits per heavy atom. The minimum Gasteiger partial charge on any atom is -0.267 e. The zero-order chi connectivity index (χ0) is 17.0. The van der Waals surface area contributed by atoms with Crippen LogP contribution in [-0.4, -0.2) is 16.7 Å². The van der Waals surface area contributed by atoms with E-state index >= 15 is 0 Å². The third-order valence-electron chi connectivity index (χ3n) is 3.04. The van der Waals surface area contributed by atoms with E-state index in [0.29, 0.717) is 5.56 Å². The summed E-state index contributed by atoms with van der Waals surface area (Å²) in [6, 6.07) is 8.92. The van der Waals surface area contributed by atoms with Gasteiger partial charge in [-0.3, -0.25) is 30.6 Å².